The molecular formula is C12H16N6O2. The van der Waals surface area contributed by atoms with Crippen molar-refractivity contribution in [2.75, 3.05) is 49.1 Å². The summed E-state index contributed by atoms with van der Waals surface area (Å²) in [6, 6.07) is 0.361. The van der Waals surface area contributed by atoms with Gasteiger partial charge in [-0.1, -0.05) is 0 Å². The van der Waals surface area contributed by atoms with Crippen molar-refractivity contribution in [3.63, 3.8) is 0 Å². The van der Waals surface area contributed by atoms with E-state index in [2.05, 4.69) is 16.2 Å². The highest BCUT2D eigenvalue weighted by atomic mass is 16.4. The van der Waals surface area contributed by atoms with Crippen LogP contribution in [-0.2, 0) is 0 Å². The summed E-state index contributed by atoms with van der Waals surface area (Å²) in [5.74, 6) is -0.208. The number of rotatable bonds is 2. The van der Waals surface area contributed by atoms with Gasteiger partial charge < -0.3 is 19.1 Å². The van der Waals surface area contributed by atoms with Gasteiger partial charge >= 0.3 is 11.8 Å². The molecule has 0 atom stereocenters. The predicted octanol–water partition coefficient (Wildman–Crippen LogP) is -0.367. The second-order valence-corrected chi connectivity index (χ2v) is 4.94. The molecule has 0 unspecified atom stereocenters. The van der Waals surface area contributed by atoms with Gasteiger partial charge in [-0.15, -0.1) is 4.98 Å². The molecule has 0 spiro atoms. The van der Waals surface area contributed by atoms with Crippen LogP contribution in [0.15, 0.2) is 9.21 Å². The molecule has 2 saturated heterocycles. The Labute approximate surface area is 116 Å². The van der Waals surface area contributed by atoms with E-state index in [1.165, 1.54) is 0 Å². The predicted molar refractivity (Wildman–Crippen MR) is 71.4 cm³/mol. The fraction of sp³-hybridized carbons (Fsp3) is 0.667. The maximum absolute atomic E-state index is 11.6. The molecule has 2 aliphatic rings. The van der Waals surface area contributed by atoms with Crippen molar-refractivity contribution in [1.29, 1.82) is 5.26 Å². The average Bonchev–Trinajstić information content (AvgIpc) is 3.01. The van der Waals surface area contributed by atoms with Gasteiger partial charge in [-0.2, -0.15) is 10.2 Å². The minimum Gasteiger partial charge on any atom is -0.374 e. The fourth-order valence-corrected chi connectivity index (χ4v) is 2.51. The summed E-state index contributed by atoms with van der Waals surface area (Å²) in [5, 5.41) is 8.83. The number of piperazine rings is 1. The van der Waals surface area contributed by atoms with E-state index in [9.17, 15) is 4.79 Å². The van der Waals surface area contributed by atoms with Gasteiger partial charge in [0.1, 0.15) is 0 Å². The van der Waals surface area contributed by atoms with Gasteiger partial charge in [0.2, 0.25) is 5.95 Å². The van der Waals surface area contributed by atoms with Crippen LogP contribution in [-0.4, -0.2) is 54.1 Å². The standard InChI is InChI=1S/C12H16N6O2/c13-9-16-5-7-17(8-6-16)10-14-11(20-12(19)15-10)18-3-1-2-4-18/h1-8H2. The Morgan fingerprint density at radius 3 is 2.35 bits per heavy atom. The molecule has 0 radical (unpaired) electrons. The molecule has 106 valence electrons. The van der Waals surface area contributed by atoms with Crippen molar-refractivity contribution >= 4 is 12.0 Å². The Bertz CT molecular complexity index is 566. The van der Waals surface area contributed by atoms with E-state index in [1.54, 1.807) is 4.90 Å². The summed E-state index contributed by atoms with van der Waals surface area (Å²) in [4.78, 5) is 25.4. The maximum atomic E-state index is 11.6. The first-order valence-electron chi connectivity index (χ1n) is 6.80. The van der Waals surface area contributed by atoms with Crippen molar-refractivity contribution in [3.8, 4) is 6.19 Å². The Morgan fingerprint density at radius 1 is 1.00 bits per heavy atom. The van der Waals surface area contributed by atoms with Crippen LogP contribution < -0.4 is 15.6 Å². The van der Waals surface area contributed by atoms with Crippen LogP contribution in [0.4, 0.5) is 12.0 Å². The fourth-order valence-electron chi connectivity index (χ4n) is 2.51. The zero-order chi connectivity index (χ0) is 13.9. The molecule has 0 aromatic carbocycles. The van der Waals surface area contributed by atoms with Crippen LogP contribution in [0.2, 0.25) is 0 Å². The average molecular weight is 276 g/mol. The highest BCUT2D eigenvalue weighted by Gasteiger charge is 2.22. The number of hydrogen-bond acceptors (Lipinski definition) is 8. The third kappa shape index (κ3) is 2.52. The lowest BCUT2D eigenvalue weighted by molar-refractivity contribution is 0.358. The largest absolute Gasteiger partial charge is 0.444 e. The zero-order valence-electron chi connectivity index (χ0n) is 11.2. The van der Waals surface area contributed by atoms with Crippen LogP contribution in [0.25, 0.3) is 0 Å². The van der Waals surface area contributed by atoms with Crippen LogP contribution in [0.3, 0.4) is 0 Å². The number of hydrogen-bond donors (Lipinski definition) is 0. The molecule has 0 amide bonds. The van der Waals surface area contributed by atoms with Gasteiger partial charge in [0.05, 0.1) is 0 Å². The first-order chi connectivity index (χ1) is 9.76. The summed E-state index contributed by atoms with van der Waals surface area (Å²) in [6.07, 6.45) is 4.30. The molecule has 8 nitrogen and oxygen atoms in total. The van der Waals surface area contributed by atoms with Crippen LogP contribution in [0, 0.1) is 11.5 Å². The van der Waals surface area contributed by atoms with Crippen LogP contribution >= 0.6 is 0 Å². The first-order valence-corrected chi connectivity index (χ1v) is 6.80. The molecule has 0 saturated carbocycles. The topological polar surface area (TPSA) is 89.5 Å². The van der Waals surface area contributed by atoms with Gasteiger partial charge in [-0.3, -0.25) is 0 Å². The molecule has 1 aromatic heterocycles. The minimum atomic E-state index is -0.611. The van der Waals surface area contributed by atoms with E-state index < -0.39 is 5.76 Å². The first kappa shape index (κ1) is 12.7. The molecule has 0 N–H and O–H groups in total. The highest BCUT2D eigenvalue weighted by Crippen LogP contribution is 2.18. The van der Waals surface area contributed by atoms with E-state index in [0.717, 1.165) is 25.9 Å². The molecule has 0 aliphatic carbocycles. The van der Waals surface area contributed by atoms with Gasteiger partial charge in [-0.05, 0) is 12.8 Å². The normalized spacial score (nSPS) is 19.2. The third-order valence-corrected chi connectivity index (χ3v) is 3.65. The lowest BCUT2D eigenvalue weighted by atomic mass is 10.3. The Balaban J connectivity index is 1.80. The van der Waals surface area contributed by atoms with E-state index >= 15 is 0 Å². The molecule has 2 aliphatic heterocycles. The summed E-state index contributed by atoms with van der Waals surface area (Å²) in [7, 11) is 0. The number of aromatic nitrogens is 2. The maximum Gasteiger partial charge on any atom is 0.444 e. The summed E-state index contributed by atoms with van der Waals surface area (Å²) in [6.45, 7) is 4.24. The Morgan fingerprint density at radius 2 is 1.70 bits per heavy atom. The number of nitrogens with zero attached hydrogens (tertiary/aromatic N) is 6. The molecule has 3 rings (SSSR count). The minimum absolute atomic E-state index is 0.361. The molecule has 0 bridgehead atoms. The number of anilines is 2. The lowest BCUT2D eigenvalue weighted by Crippen LogP contribution is -2.45. The van der Waals surface area contributed by atoms with Crippen molar-refractivity contribution in [2.24, 2.45) is 0 Å². The SMILES string of the molecule is N#CN1CCN(c2nc(N3CCCC3)oc(=O)n2)CC1. The second kappa shape index (κ2) is 5.36. The van der Waals surface area contributed by atoms with E-state index in [0.29, 0.717) is 38.1 Å². The number of nitriles is 1. The van der Waals surface area contributed by atoms with Crippen molar-refractivity contribution in [2.45, 2.75) is 12.8 Å². The molecule has 20 heavy (non-hydrogen) atoms. The third-order valence-electron chi connectivity index (χ3n) is 3.65. The molecule has 3 heterocycles. The highest BCUT2D eigenvalue weighted by molar-refractivity contribution is 5.36. The van der Waals surface area contributed by atoms with Gasteiger partial charge in [0, 0.05) is 39.3 Å². The quantitative estimate of drug-likeness (QED) is 0.676. The van der Waals surface area contributed by atoms with Gasteiger partial charge in [0.15, 0.2) is 6.19 Å². The monoisotopic (exact) mass is 276 g/mol. The Hall–Kier alpha value is -2.30. The molecular weight excluding hydrogens is 260 g/mol. The van der Waals surface area contributed by atoms with E-state index in [4.69, 9.17) is 9.68 Å². The van der Waals surface area contributed by atoms with Gasteiger partial charge in [0.25, 0.3) is 0 Å². The van der Waals surface area contributed by atoms with E-state index in [-0.39, 0.29) is 0 Å². The summed E-state index contributed by atoms with van der Waals surface area (Å²) in [5.41, 5.74) is 0. The summed E-state index contributed by atoms with van der Waals surface area (Å²) >= 11 is 0. The van der Waals surface area contributed by atoms with Gasteiger partial charge in [-0.25, -0.2) is 4.79 Å². The van der Waals surface area contributed by atoms with Crippen LogP contribution in [0.1, 0.15) is 12.8 Å². The Kier molecular flexibility index (Phi) is 3.41. The lowest BCUT2D eigenvalue weighted by Gasteiger charge is -2.31. The van der Waals surface area contributed by atoms with Crippen molar-refractivity contribution < 1.29 is 4.42 Å². The molecule has 2 fully saturated rings. The smallest absolute Gasteiger partial charge is 0.374 e. The van der Waals surface area contributed by atoms with Crippen LogP contribution in [0.5, 0.6) is 0 Å². The summed E-state index contributed by atoms with van der Waals surface area (Å²) < 4.78 is 5.09. The second-order valence-electron chi connectivity index (χ2n) is 4.94. The zero-order valence-corrected chi connectivity index (χ0v) is 11.2. The van der Waals surface area contributed by atoms with E-state index in [1.807, 2.05) is 9.80 Å². The van der Waals surface area contributed by atoms with Crippen molar-refractivity contribution in [3.05, 3.63) is 10.6 Å². The molecule has 8 heteroatoms. The van der Waals surface area contributed by atoms with Crippen molar-refractivity contribution in [1.82, 2.24) is 14.9 Å². The molecule has 1 aromatic rings.